The zero-order valence-electron chi connectivity index (χ0n) is 13.8. The second kappa shape index (κ2) is 7.04. The monoisotopic (exact) mass is 326 g/mol. The molecule has 0 bridgehead atoms. The highest BCUT2D eigenvalue weighted by molar-refractivity contribution is 5.59. The van der Waals surface area contributed by atoms with E-state index < -0.39 is 0 Å². The van der Waals surface area contributed by atoms with Gasteiger partial charge in [-0.3, -0.25) is 0 Å². The highest BCUT2D eigenvalue weighted by Crippen LogP contribution is 2.29. The number of hydrogen-bond acceptors (Lipinski definition) is 6. The van der Waals surface area contributed by atoms with Crippen molar-refractivity contribution in [2.24, 2.45) is 0 Å². The third-order valence-electron chi connectivity index (χ3n) is 3.52. The summed E-state index contributed by atoms with van der Waals surface area (Å²) in [6, 6.07) is 13.2. The van der Waals surface area contributed by atoms with Crippen LogP contribution in [0.3, 0.4) is 0 Å². The van der Waals surface area contributed by atoms with Crippen LogP contribution in [0.1, 0.15) is 11.4 Å². The molecule has 24 heavy (non-hydrogen) atoms. The van der Waals surface area contributed by atoms with Crippen molar-refractivity contribution in [1.82, 2.24) is 10.1 Å². The number of rotatable bonds is 6. The Hall–Kier alpha value is -3.02. The molecule has 124 valence electrons. The van der Waals surface area contributed by atoms with Crippen LogP contribution in [0.5, 0.6) is 17.2 Å². The Morgan fingerprint density at radius 3 is 2.38 bits per heavy atom. The van der Waals surface area contributed by atoms with Gasteiger partial charge in [-0.2, -0.15) is 4.98 Å². The van der Waals surface area contributed by atoms with E-state index in [1.54, 1.807) is 20.3 Å². The molecule has 0 aliphatic heterocycles. The minimum Gasteiger partial charge on any atom is -0.497 e. The van der Waals surface area contributed by atoms with Crippen LogP contribution in [-0.2, 0) is 6.61 Å². The Bertz CT molecular complexity index is 807. The summed E-state index contributed by atoms with van der Waals surface area (Å²) in [4.78, 5) is 4.36. The molecule has 0 atom stereocenters. The van der Waals surface area contributed by atoms with Gasteiger partial charge in [0, 0.05) is 11.6 Å². The summed E-state index contributed by atoms with van der Waals surface area (Å²) >= 11 is 0. The van der Waals surface area contributed by atoms with Gasteiger partial charge < -0.3 is 18.7 Å². The molecule has 3 rings (SSSR count). The number of benzene rings is 2. The summed E-state index contributed by atoms with van der Waals surface area (Å²) in [5.41, 5.74) is 1.78. The van der Waals surface area contributed by atoms with Gasteiger partial charge in [0.05, 0.1) is 14.2 Å². The van der Waals surface area contributed by atoms with E-state index in [-0.39, 0.29) is 6.61 Å². The lowest BCUT2D eigenvalue weighted by molar-refractivity contribution is 0.285. The van der Waals surface area contributed by atoms with Crippen molar-refractivity contribution in [1.29, 1.82) is 0 Å². The predicted octanol–water partition coefficient (Wildman–Crippen LogP) is 3.64. The van der Waals surface area contributed by atoms with E-state index in [9.17, 15) is 0 Å². The molecule has 6 heteroatoms. The summed E-state index contributed by atoms with van der Waals surface area (Å²) in [5.74, 6) is 2.96. The van der Waals surface area contributed by atoms with Crippen molar-refractivity contribution in [2.75, 3.05) is 14.2 Å². The number of aromatic nitrogens is 2. The summed E-state index contributed by atoms with van der Waals surface area (Å²) < 4.78 is 21.5. The number of ether oxygens (including phenoxy) is 3. The first-order valence-electron chi connectivity index (χ1n) is 7.44. The molecule has 3 aromatic rings. The summed E-state index contributed by atoms with van der Waals surface area (Å²) in [7, 11) is 3.18. The lowest BCUT2D eigenvalue weighted by Crippen LogP contribution is -1.98. The van der Waals surface area contributed by atoms with Crippen LogP contribution in [0.2, 0.25) is 0 Å². The van der Waals surface area contributed by atoms with E-state index in [2.05, 4.69) is 10.1 Å². The van der Waals surface area contributed by atoms with Crippen molar-refractivity contribution in [2.45, 2.75) is 13.5 Å². The fourth-order valence-electron chi connectivity index (χ4n) is 2.22. The smallest absolute Gasteiger partial charge is 0.258 e. The van der Waals surface area contributed by atoms with Crippen LogP contribution in [0, 0.1) is 6.92 Å². The maximum atomic E-state index is 5.73. The van der Waals surface area contributed by atoms with Crippen molar-refractivity contribution >= 4 is 0 Å². The molecule has 0 saturated carbocycles. The van der Waals surface area contributed by atoms with E-state index in [0.29, 0.717) is 23.2 Å². The van der Waals surface area contributed by atoms with E-state index in [0.717, 1.165) is 16.9 Å². The number of nitrogens with zero attached hydrogens (tertiary/aromatic N) is 2. The first kappa shape index (κ1) is 15.9. The van der Waals surface area contributed by atoms with Crippen LogP contribution < -0.4 is 14.2 Å². The topological polar surface area (TPSA) is 66.6 Å². The molecule has 0 fully saturated rings. The molecule has 0 saturated heterocycles. The summed E-state index contributed by atoms with van der Waals surface area (Å²) in [6.45, 7) is 2.22. The number of methoxy groups -OCH3 is 2. The zero-order valence-corrected chi connectivity index (χ0v) is 13.8. The van der Waals surface area contributed by atoms with Gasteiger partial charge in [0.25, 0.3) is 5.89 Å². The van der Waals surface area contributed by atoms with Crippen molar-refractivity contribution < 1.29 is 18.7 Å². The predicted molar refractivity (Wildman–Crippen MR) is 88.3 cm³/mol. The van der Waals surface area contributed by atoms with E-state index in [4.69, 9.17) is 18.7 Å². The normalized spacial score (nSPS) is 10.5. The highest BCUT2D eigenvalue weighted by atomic mass is 16.5. The lowest BCUT2D eigenvalue weighted by Gasteiger charge is -2.06. The third kappa shape index (κ3) is 3.48. The molecule has 0 aliphatic rings. The van der Waals surface area contributed by atoms with Gasteiger partial charge >= 0.3 is 0 Å². The molecule has 0 aliphatic carbocycles. The Morgan fingerprint density at radius 2 is 1.71 bits per heavy atom. The zero-order chi connectivity index (χ0) is 16.9. The lowest BCUT2D eigenvalue weighted by atomic mass is 10.2. The van der Waals surface area contributed by atoms with E-state index in [1.807, 2.05) is 43.3 Å². The average Bonchev–Trinajstić information content (AvgIpc) is 3.09. The number of aryl methyl sites for hydroxylation is 1. The largest absolute Gasteiger partial charge is 0.497 e. The molecule has 0 amide bonds. The maximum Gasteiger partial charge on any atom is 0.258 e. The van der Waals surface area contributed by atoms with Gasteiger partial charge in [0.2, 0.25) is 5.82 Å². The maximum absolute atomic E-state index is 5.73. The van der Waals surface area contributed by atoms with Gasteiger partial charge in [-0.05, 0) is 30.7 Å². The standard InChI is InChI=1S/C18H18N2O4/c1-12-6-4-5-7-16(12)23-11-17-19-18(24-20-17)13-8-14(21-2)10-15(9-13)22-3/h4-10H,11H2,1-3H3. The molecular weight excluding hydrogens is 308 g/mol. The van der Waals surface area contributed by atoms with Gasteiger partial charge in [0.1, 0.15) is 17.2 Å². The summed E-state index contributed by atoms with van der Waals surface area (Å²) in [5, 5.41) is 3.96. The second-order valence-corrected chi connectivity index (χ2v) is 5.17. The molecule has 0 unspecified atom stereocenters. The Labute approximate surface area is 140 Å². The van der Waals surface area contributed by atoms with Crippen LogP contribution in [0.4, 0.5) is 0 Å². The molecule has 2 aromatic carbocycles. The minimum atomic E-state index is 0.232. The molecular formula is C18H18N2O4. The SMILES string of the molecule is COc1cc(OC)cc(-c2nc(COc3ccccc3C)no2)c1. The van der Waals surface area contributed by atoms with Crippen LogP contribution in [-0.4, -0.2) is 24.4 Å². The van der Waals surface area contributed by atoms with Crippen molar-refractivity contribution in [3.05, 3.63) is 53.9 Å². The fraction of sp³-hybridized carbons (Fsp3) is 0.222. The van der Waals surface area contributed by atoms with Crippen molar-refractivity contribution in [3.63, 3.8) is 0 Å². The van der Waals surface area contributed by atoms with E-state index in [1.165, 1.54) is 0 Å². The fourth-order valence-corrected chi connectivity index (χ4v) is 2.22. The Morgan fingerprint density at radius 1 is 1.00 bits per heavy atom. The van der Waals surface area contributed by atoms with Crippen molar-refractivity contribution in [3.8, 4) is 28.7 Å². The third-order valence-corrected chi connectivity index (χ3v) is 3.52. The average molecular weight is 326 g/mol. The highest BCUT2D eigenvalue weighted by Gasteiger charge is 2.12. The van der Waals surface area contributed by atoms with Gasteiger partial charge in [-0.25, -0.2) is 0 Å². The first-order valence-corrected chi connectivity index (χ1v) is 7.44. The number of hydrogen-bond donors (Lipinski definition) is 0. The quantitative estimate of drug-likeness (QED) is 0.689. The van der Waals surface area contributed by atoms with E-state index >= 15 is 0 Å². The van der Waals surface area contributed by atoms with Gasteiger partial charge in [-0.1, -0.05) is 23.4 Å². The summed E-state index contributed by atoms with van der Waals surface area (Å²) in [6.07, 6.45) is 0. The van der Waals surface area contributed by atoms with Crippen LogP contribution >= 0.6 is 0 Å². The molecule has 1 aromatic heterocycles. The van der Waals surface area contributed by atoms with Gasteiger partial charge in [-0.15, -0.1) is 0 Å². The Kier molecular flexibility index (Phi) is 4.65. The van der Waals surface area contributed by atoms with Crippen LogP contribution in [0.15, 0.2) is 47.0 Å². The second-order valence-electron chi connectivity index (χ2n) is 5.17. The van der Waals surface area contributed by atoms with Gasteiger partial charge in [0.15, 0.2) is 6.61 Å². The van der Waals surface area contributed by atoms with Crippen LogP contribution in [0.25, 0.3) is 11.5 Å². The molecule has 1 heterocycles. The number of para-hydroxylation sites is 1. The molecule has 0 N–H and O–H groups in total. The molecule has 0 spiro atoms. The minimum absolute atomic E-state index is 0.232. The molecule has 0 radical (unpaired) electrons. The Balaban J connectivity index is 1.77. The first-order chi connectivity index (χ1) is 11.7. The molecule has 6 nitrogen and oxygen atoms in total.